The molecule has 52 valence electrons. The van der Waals surface area contributed by atoms with Gasteiger partial charge >= 0.3 is 10.4 Å². The summed E-state index contributed by atoms with van der Waals surface area (Å²) in [4.78, 5) is 0. The van der Waals surface area contributed by atoms with E-state index in [0.717, 1.165) is 0 Å². The smallest absolute Gasteiger partial charge is 0.319 e. The average Bonchev–Trinajstić information content (AvgIpc) is 1.27. The number of rotatable bonds is 0. The maximum absolute atomic E-state index is 8.74. The fraction of sp³-hybridized carbons (Fsp3) is 1.00. The largest absolute Gasteiger partial charge is 0.394 e. The molecule has 7 heteroatoms. The topological polar surface area (TPSA) is 127 Å². The molecular weight excluding hydrogens is 136 g/mol. The molecular formula is CH8N2O4S. The zero-order valence-electron chi connectivity index (χ0n) is 3.98. The van der Waals surface area contributed by atoms with Crippen LogP contribution in [0.2, 0.25) is 0 Å². The molecule has 0 unspecified atom stereocenters. The van der Waals surface area contributed by atoms with Crippen molar-refractivity contribution in [1.29, 1.82) is 0 Å². The van der Waals surface area contributed by atoms with Crippen molar-refractivity contribution in [3.63, 3.8) is 0 Å². The van der Waals surface area contributed by atoms with E-state index in [-0.39, 0.29) is 6.67 Å². The van der Waals surface area contributed by atoms with Crippen LogP contribution in [0.25, 0.3) is 0 Å². The Morgan fingerprint density at radius 3 is 1.25 bits per heavy atom. The minimum absolute atomic E-state index is 0.250. The van der Waals surface area contributed by atoms with Crippen LogP contribution in [0.3, 0.4) is 0 Å². The Morgan fingerprint density at radius 1 is 1.25 bits per heavy atom. The highest BCUT2D eigenvalue weighted by molar-refractivity contribution is 7.79. The van der Waals surface area contributed by atoms with Gasteiger partial charge in [0.25, 0.3) is 0 Å². The van der Waals surface area contributed by atoms with E-state index in [2.05, 4.69) is 11.5 Å². The van der Waals surface area contributed by atoms with Crippen LogP contribution in [0.1, 0.15) is 0 Å². The zero-order chi connectivity index (χ0) is 7.21. The summed E-state index contributed by atoms with van der Waals surface area (Å²) in [5.41, 5.74) is 9.25. The molecule has 0 spiro atoms. The highest BCUT2D eigenvalue weighted by Crippen LogP contribution is 1.59. The maximum Gasteiger partial charge on any atom is 0.394 e. The molecule has 0 saturated carbocycles. The Hall–Kier alpha value is -0.210. The number of nitrogens with two attached hydrogens (primary N) is 2. The van der Waals surface area contributed by atoms with Crippen molar-refractivity contribution < 1.29 is 17.5 Å². The van der Waals surface area contributed by atoms with Crippen molar-refractivity contribution in [2.24, 2.45) is 11.5 Å². The fourth-order valence-corrected chi connectivity index (χ4v) is 0. The van der Waals surface area contributed by atoms with Crippen LogP contribution < -0.4 is 11.5 Å². The first-order valence-corrected chi connectivity index (χ1v) is 2.91. The van der Waals surface area contributed by atoms with Crippen LogP contribution in [0, 0.1) is 0 Å². The van der Waals surface area contributed by atoms with Gasteiger partial charge in [-0.2, -0.15) is 8.42 Å². The second kappa shape index (κ2) is 4.94. The molecule has 0 fully saturated rings. The first kappa shape index (κ1) is 10.7. The summed E-state index contributed by atoms with van der Waals surface area (Å²) in [5.74, 6) is 0. The lowest BCUT2D eigenvalue weighted by Crippen LogP contribution is -2.08. The monoisotopic (exact) mass is 144 g/mol. The number of hydrogen-bond donors (Lipinski definition) is 4. The van der Waals surface area contributed by atoms with Gasteiger partial charge in [-0.3, -0.25) is 9.11 Å². The van der Waals surface area contributed by atoms with Gasteiger partial charge < -0.3 is 11.5 Å². The third-order valence-electron chi connectivity index (χ3n) is 0. The van der Waals surface area contributed by atoms with Crippen LogP contribution >= 0.6 is 0 Å². The van der Waals surface area contributed by atoms with Crippen molar-refractivity contribution in [1.82, 2.24) is 0 Å². The molecule has 0 radical (unpaired) electrons. The molecule has 0 aromatic carbocycles. The summed E-state index contributed by atoms with van der Waals surface area (Å²) in [6.45, 7) is 0.250. The Bertz CT molecular complexity index is 108. The van der Waals surface area contributed by atoms with E-state index in [4.69, 9.17) is 17.5 Å². The zero-order valence-corrected chi connectivity index (χ0v) is 4.80. The highest BCUT2D eigenvalue weighted by atomic mass is 32.3. The van der Waals surface area contributed by atoms with E-state index >= 15 is 0 Å². The molecule has 0 bridgehead atoms. The predicted molar refractivity (Wildman–Crippen MR) is 27.4 cm³/mol. The van der Waals surface area contributed by atoms with Crippen LogP contribution in [0.5, 0.6) is 0 Å². The second-order valence-corrected chi connectivity index (χ2v) is 1.58. The quantitative estimate of drug-likeness (QED) is 0.235. The van der Waals surface area contributed by atoms with Gasteiger partial charge in [-0.15, -0.1) is 0 Å². The Balaban J connectivity index is 0. The van der Waals surface area contributed by atoms with Gasteiger partial charge in [0.15, 0.2) is 0 Å². The minimum atomic E-state index is -4.67. The van der Waals surface area contributed by atoms with Crippen molar-refractivity contribution >= 4 is 10.4 Å². The van der Waals surface area contributed by atoms with Gasteiger partial charge in [-0.05, 0) is 0 Å². The molecule has 0 aliphatic rings. The molecule has 6 nitrogen and oxygen atoms in total. The molecule has 0 aromatic heterocycles. The Morgan fingerprint density at radius 2 is 1.25 bits per heavy atom. The van der Waals surface area contributed by atoms with E-state index in [1.165, 1.54) is 0 Å². The molecule has 0 aliphatic heterocycles. The van der Waals surface area contributed by atoms with E-state index < -0.39 is 10.4 Å². The van der Waals surface area contributed by atoms with E-state index in [9.17, 15) is 0 Å². The fourth-order valence-electron chi connectivity index (χ4n) is 0. The van der Waals surface area contributed by atoms with Crippen molar-refractivity contribution in [3.05, 3.63) is 0 Å². The van der Waals surface area contributed by atoms with Gasteiger partial charge in [-0.25, -0.2) is 0 Å². The van der Waals surface area contributed by atoms with E-state index in [1.54, 1.807) is 0 Å². The Labute approximate surface area is 47.1 Å². The molecule has 0 atom stereocenters. The van der Waals surface area contributed by atoms with Crippen molar-refractivity contribution in [3.8, 4) is 0 Å². The summed E-state index contributed by atoms with van der Waals surface area (Å²) >= 11 is 0. The predicted octanol–water partition coefficient (Wildman–Crippen LogP) is -1.79. The summed E-state index contributed by atoms with van der Waals surface area (Å²) in [7, 11) is -4.67. The third kappa shape index (κ3) is 3010. The van der Waals surface area contributed by atoms with E-state index in [1.807, 2.05) is 0 Å². The molecule has 0 amide bonds. The first-order valence-electron chi connectivity index (χ1n) is 1.51. The van der Waals surface area contributed by atoms with Crippen LogP contribution in [0.15, 0.2) is 0 Å². The molecule has 0 heterocycles. The molecule has 8 heavy (non-hydrogen) atoms. The molecule has 0 aliphatic carbocycles. The normalized spacial score (nSPS) is 9.50. The standard InChI is InChI=1S/CH6N2.H2O4S/c2-1-3;1-5(2,3)4/h1-3H2;(H2,1,2,3,4). The lowest BCUT2D eigenvalue weighted by atomic mass is 11.3. The SMILES string of the molecule is NCN.O=S(=O)(O)O. The number of hydrogen-bond acceptors (Lipinski definition) is 4. The van der Waals surface area contributed by atoms with E-state index in [0.29, 0.717) is 0 Å². The highest BCUT2D eigenvalue weighted by Gasteiger charge is 1.84. The van der Waals surface area contributed by atoms with Crippen LogP contribution in [0.4, 0.5) is 0 Å². The minimum Gasteiger partial charge on any atom is -0.319 e. The lowest BCUT2D eigenvalue weighted by Gasteiger charge is -1.68. The van der Waals surface area contributed by atoms with Crippen LogP contribution in [-0.2, 0) is 10.4 Å². The molecule has 0 saturated heterocycles. The van der Waals surface area contributed by atoms with Crippen molar-refractivity contribution in [2.75, 3.05) is 6.67 Å². The first-order chi connectivity index (χ1) is 3.41. The third-order valence-corrected chi connectivity index (χ3v) is 0. The van der Waals surface area contributed by atoms with Gasteiger partial charge in [-0.1, -0.05) is 0 Å². The second-order valence-electron chi connectivity index (χ2n) is 0.684. The summed E-state index contributed by atoms with van der Waals surface area (Å²) < 4.78 is 31.6. The average molecular weight is 144 g/mol. The van der Waals surface area contributed by atoms with Gasteiger partial charge in [0, 0.05) is 6.67 Å². The molecule has 0 rings (SSSR count). The van der Waals surface area contributed by atoms with Gasteiger partial charge in [0.05, 0.1) is 0 Å². The van der Waals surface area contributed by atoms with Crippen molar-refractivity contribution in [2.45, 2.75) is 0 Å². The molecule has 0 aromatic rings. The Kier molecular flexibility index (Phi) is 6.61. The summed E-state index contributed by atoms with van der Waals surface area (Å²) in [5, 5.41) is 0. The van der Waals surface area contributed by atoms with Crippen LogP contribution in [-0.4, -0.2) is 24.2 Å². The summed E-state index contributed by atoms with van der Waals surface area (Å²) in [6.07, 6.45) is 0. The lowest BCUT2D eigenvalue weighted by molar-refractivity contribution is 0.381. The van der Waals surface area contributed by atoms with Gasteiger partial charge in [0.2, 0.25) is 0 Å². The molecule has 6 N–H and O–H groups in total. The summed E-state index contributed by atoms with van der Waals surface area (Å²) in [6, 6.07) is 0. The maximum atomic E-state index is 8.74. The van der Waals surface area contributed by atoms with Gasteiger partial charge in [0.1, 0.15) is 0 Å².